The van der Waals surface area contributed by atoms with Gasteiger partial charge in [-0.05, 0) is 37.0 Å². The van der Waals surface area contributed by atoms with Crippen LogP contribution in [-0.4, -0.2) is 5.75 Å². The van der Waals surface area contributed by atoms with Crippen LogP contribution in [0.4, 0.5) is 5.69 Å². The van der Waals surface area contributed by atoms with Gasteiger partial charge in [0.2, 0.25) is 0 Å². The Morgan fingerprint density at radius 1 is 1.43 bits per heavy atom. The molecule has 0 aliphatic heterocycles. The highest BCUT2D eigenvalue weighted by atomic mass is 35.5. The molecule has 1 aliphatic rings. The second-order valence-corrected chi connectivity index (χ2v) is 5.29. The largest absolute Gasteiger partial charge is 0.398 e. The fourth-order valence-corrected chi connectivity index (χ4v) is 2.84. The maximum absolute atomic E-state index is 5.94. The molecule has 0 atom stereocenters. The number of rotatable bonds is 3. The van der Waals surface area contributed by atoms with Crippen molar-refractivity contribution in [3.05, 3.63) is 23.2 Å². The third-order valence-electron chi connectivity index (χ3n) is 2.68. The van der Waals surface area contributed by atoms with Gasteiger partial charge in [0.15, 0.2) is 0 Å². The predicted molar refractivity (Wildman–Crippen MR) is 63.9 cm³/mol. The molecule has 0 bridgehead atoms. The molecule has 0 amide bonds. The third kappa shape index (κ3) is 2.37. The van der Waals surface area contributed by atoms with Crippen molar-refractivity contribution in [2.45, 2.75) is 24.2 Å². The minimum absolute atomic E-state index is 0.666. The molecule has 1 fully saturated rings. The van der Waals surface area contributed by atoms with Crippen LogP contribution in [0.25, 0.3) is 0 Å². The van der Waals surface area contributed by atoms with Crippen molar-refractivity contribution in [3.8, 4) is 0 Å². The molecule has 0 saturated heterocycles. The SMILES string of the molecule is Nc1ccc(SCC2CCC2)cc1Cl. The molecule has 0 unspecified atom stereocenters. The lowest BCUT2D eigenvalue weighted by Crippen LogP contribution is -2.13. The number of hydrogen-bond acceptors (Lipinski definition) is 2. The normalized spacial score (nSPS) is 16.6. The second kappa shape index (κ2) is 4.45. The molecular weight excluding hydrogens is 214 g/mol. The van der Waals surface area contributed by atoms with E-state index in [1.807, 2.05) is 30.0 Å². The number of benzene rings is 1. The van der Waals surface area contributed by atoms with Gasteiger partial charge in [0.1, 0.15) is 0 Å². The maximum Gasteiger partial charge on any atom is 0.0646 e. The molecule has 0 radical (unpaired) electrons. The fourth-order valence-electron chi connectivity index (χ4n) is 1.47. The maximum atomic E-state index is 5.94. The van der Waals surface area contributed by atoms with Gasteiger partial charge in [0, 0.05) is 10.6 Å². The minimum atomic E-state index is 0.666. The van der Waals surface area contributed by atoms with Crippen LogP contribution in [0.15, 0.2) is 23.1 Å². The van der Waals surface area contributed by atoms with Gasteiger partial charge in [0.25, 0.3) is 0 Å². The van der Waals surface area contributed by atoms with Crippen LogP contribution in [0.3, 0.4) is 0 Å². The summed E-state index contributed by atoms with van der Waals surface area (Å²) in [5.41, 5.74) is 6.31. The van der Waals surface area contributed by atoms with E-state index in [9.17, 15) is 0 Å². The summed E-state index contributed by atoms with van der Waals surface area (Å²) in [5.74, 6) is 2.15. The van der Waals surface area contributed by atoms with E-state index in [2.05, 4.69) is 0 Å². The lowest BCUT2D eigenvalue weighted by Gasteiger charge is -2.24. The summed E-state index contributed by atoms with van der Waals surface area (Å²) in [6.07, 6.45) is 4.21. The monoisotopic (exact) mass is 227 g/mol. The fraction of sp³-hybridized carbons (Fsp3) is 0.455. The number of thioether (sulfide) groups is 1. The number of nitrogens with two attached hydrogens (primary N) is 1. The molecule has 1 aliphatic carbocycles. The highest BCUT2D eigenvalue weighted by Gasteiger charge is 2.17. The summed E-state index contributed by atoms with van der Waals surface area (Å²) in [6, 6.07) is 5.89. The molecule has 1 saturated carbocycles. The highest BCUT2D eigenvalue weighted by molar-refractivity contribution is 7.99. The minimum Gasteiger partial charge on any atom is -0.398 e. The Labute approximate surface area is 94.0 Å². The van der Waals surface area contributed by atoms with Crippen LogP contribution in [0.5, 0.6) is 0 Å². The van der Waals surface area contributed by atoms with Gasteiger partial charge in [-0.15, -0.1) is 11.8 Å². The van der Waals surface area contributed by atoms with E-state index in [1.165, 1.54) is 29.9 Å². The van der Waals surface area contributed by atoms with Gasteiger partial charge in [0.05, 0.1) is 10.7 Å². The van der Waals surface area contributed by atoms with Gasteiger partial charge in [-0.1, -0.05) is 18.0 Å². The summed E-state index contributed by atoms with van der Waals surface area (Å²) >= 11 is 7.83. The van der Waals surface area contributed by atoms with Gasteiger partial charge < -0.3 is 5.73 Å². The number of nitrogen functional groups attached to an aromatic ring is 1. The van der Waals surface area contributed by atoms with E-state index in [0.29, 0.717) is 10.7 Å². The zero-order valence-corrected chi connectivity index (χ0v) is 9.57. The van der Waals surface area contributed by atoms with Crippen molar-refractivity contribution < 1.29 is 0 Å². The zero-order valence-electron chi connectivity index (χ0n) is 8.00. The lowest BCUT2D eigenvalue weighted by molar-refractivity contribution is 0.353. The van der Waals surface area contributed by atoms with Crippen molar-refractivity contribution in [3.63, 3.8) is 0 Å². The Bertz CT molecular complexity index is 323. The Kier molecular flexibility index (Phi) is 3.24. The average molecular weight is 228 g/mol. The molecule has 0 heterocycles. The number of halogens is 1. The second-order valence-electron chi connectivity index (χ2n) is 3.79. The van der Waals surface area contributed by atoms with Crippen LogP contribution >= 0.6 is 23.4 Å². The molecule has 0 aromatic heterocycles. The number of anilines is 1. The van der Waals surface area contributed by atoms with Crippen molar-refractivity contribution in [1.82, 2.24) is 0 Å². The Hall–Kier alpha value is -0.340. The van der Waals surface area contributed by atoms with E-state index >= 15 is 0 Å². The Morgan fingerprint density at radius 2 is 2.21 bits per heavy atom. The molecular formula is C11H14ClNS. The average Bonchev–Trinajstić information content (AvgIpc) is 2.08. The van der Waals surface area contributed by atoms with Crippen molar-refractivity contribution in [2.24, 2.45) is 5.92 Å². The van der Waals surface area contributed by atoms with Crippen LogP contribution < -0.4 is 5.73 Å². The van der Waals surface area contributed by atoms with E-state index in [0.717, 1.165) is 5.92 Å². The summed E-state index contributed by atoms with van der Waals surface area (Å²) in [4.78, 5) is 1.23. The summed E-state index contributed by atoms with van der Waals surface area (Å²) < 4.78 is 0. The highest BCUT2D eigenvalue weighted by Crippen LogP contribution is 2.33. The van der Waals surface area contributed by atoms with Crippen LogP contribution in [-0.2, 0) is 0 Å². The van der Waals surface area contributed by atoms with Crippen LogP contribution in [0, 0.1) is 5.92 Å². The van der Waals surface area contributed by atoms with E-state index in [-0.39, 0.29) is 0 Å². The molecule has 1 aromatic rings. The lowest BCUT2D eigenvalue weighted by atomic mass is 9.87. The number of hydrogen-bond donors (Lipinski definition) is 1. The molecule has 2 rings (SSSR count). The summed E-state index contributed by atoms with van der Waals surface area (Å²) in [5, 5.41) is 0.670. The molecule has 0 spiro atoms. The quantitative estimate of drug-likeness (QED) is 0.628. The first-order chi connectivity index (χ1) is 6.75. The molecule has 1 nitrogen and oxygen atoms in total. The predicted octanol–water partition coefficient (Wildman–Crippen LogP) is 3.81. The van der Waals surface area contributed by atoms with E-state index in [1.54, 1.807) is 0 Å². The Morgan fingerprint density at radius 3 is 2.79 bits per heavy atom. The smallest absolute Gasteiger partial charge is 0.0646 e. The van der Waals surface area contributed by atoms with Crippen molar-refractivity contribution in [2.75, 3.05) is 11.5 Å². The molecule has 14 heavy (non-hydrogen) atoms. The molecule has 1 aromatic carbocycles. The van der Waals surface area contributed by atoms with E-state index in [4.69, 9.17) is 17.3 Å². The summed E-state index contributed by atoms with van der Waals surface area (Å²) in [6.45, 7) is 0. The summed E-state index contributed by atoms with van der Waals surface area (Å²) in [7, 11) is 0. The van der Waals surface area contributed by atoms with E-state index < -0.39 is 0 Å². The van der Waals surface area contributed by atoms with Crippen molar-refractivity contribution >= 4 is 29.1 Å². The van der Waals surface area contributed by atoms with Crippen LogP contribution in [0.2, 0.25) is 5.02 Å². The first kappa shape index (κ1) is 10.2. The molecule has 76 valence electrons. The third-order valence-corrected chi connectivity index (χ3v) is 4.24. The molecule has 3 heteroatoms. The molecule has 2 N–H and O–H groups in total. The van der Waals surface area contributed by atoms with Gasteiger partial charge in [-0.3, -0.25) is 0 Å². The first-order valence-corrected chi connectivity index (χ1v) is 6.30. The van der Waals surface area contributed by atoms with Gasteiger partial charge in [-0.2, -0.15) is 0 Å². The Balaban J connectivity index is 1.91. The topological polar surface area (TPSA) is 26.0 Å². The zero-order chi connectivity index (χ0) is 9.97. The van der Waals surface area contributed by atoms with Gasteiger partial charge in [-0.25, -0.2) is 0 Å². The van der Waals surface area contributed by atoms with Crippen molar-refractivity contribution in [1.29, 1.82) is 0 Å². The first-order valence-electron chi connectivity index (χ1n) is 4.93. The standard InChI is InChI=1S/C11H14ClNS/c12-10-6-9(4-5-11(10)13)14-7-8-2-1-3-8/h4-6,8H,1-3,7,13H2. The van der Waals surface area contributed by atoms with Gasteiger partial charge >= 0.3 is 0 Å². The van der Waals surface area contributed by atoms with Crippen LogP contribution in [0.1, 0.15) is 19.3 Å².